The molecule has 4 nitrogen and oxygen atoms in total. The Kier molecular flexibility index (Phi) is 6.63. The van der Waals surface area contributed by atoms with E-state index in [1.54, 1.807) is 12.1 Å². The predicted molar refractivity (Wildman–Crippen MR) is 103 cm³/mol. The summed E-state index contributed by atoms with van der Waals surface area (Å²) in [4.78, 5) is 16.7. The molecule has 2 aromatic rings. The first kappa shape index (κ1) is 19.6. The average Bonchev–Trinajstić information content (AvgIpc) is 2.66. The maximum atomic E-state index is 13.0. The van der Waals surface area contributed by atoms with E-state index in [4.69, 9.17) is 11.6 Å². The molecular formula is C20H22ClF2N3O. The molecule has 1 fully saturated rings. The Morgan fingerprint density at radius 3 is 2.33 bits per heavy atom. The van der Waals surface area contributed by atoms with Gasteiger partial charge in [0.05, 0.1) is 10.6 Å². The van der Waals surface area contributed by atoms with Crippen molar-refractivity contribution >= 4 is 23.2 Å². The van der Waals surface area contributed by atoms with Crippen LogP contribution in [-0.4, -0.2) is 50.1 Å². The third kappa shape index (κ3) is 5.40. The topological polar surface area (TPSA) is 35.6 Å². The zero-order chi connectivity index (χ0) is 19.2. The Morgan fingerprint density at radius 1 is 1.00 bits per heavy atom. The highest BCUT2D eigenvalue weighted by atomic mass is 35.5. The summed E-state index contributed by atoms with van der Waals surface area (Å²) in [6.45, 7) is 5.05. The monoisotopic (exact) mass is 393 g/mol. The second-order valence-corrected chi connectivity index (χ2v) is 6.95. The molecule has 1 aliphatic heterocycles. The summed E-state index contributed by atoms with van der Waals surface area (Å²) >= 11 is 5.90. The number of rotatable bonds is 6. The van der Waals surface area contributed by atoms with Gasteiger partial charge in [-0.05, 0) is 55.4 Å². The van der Waals surface area contributed by atoms with Crippen molar-refractivity contribution in [1.82, 2.24) is 10.2 Å². The van der Waals surface area contributed by atoms with Gasteiger partial charge in [0.15, 0.2) is 0 Å². The van der Waals surface area contributed by atoms with Gasteiger partial charge in [-0.15, -0.1) is 0 Å². The molecule has 1 amide bonds. The Balaban J connectivity index is 1.37. The number of hydrogen-bond acceptors (Lipinski definition) is 3. The lowest BCUT2D eigenvalue weighted by molar-refractivity contribution is 0.0951. The molecule has 3 rings (SSSR count). The third-order valence-electron chi connectivity index (χ3n) is 4.68. The van der Waals surface area contributed by atoms with E-state index < -0.39 is 5.82 Å². The molecule has 7 heteroatoms. The van der Waals surface area contributed by atoms with Crippen LogP contribution in [0, 0.1) is 11.6 Å². The van der Waals surface area contributed by atoms with Crippen molar-refractivity contribution in [1.29, 1.82) is 0 Å². The number of halogens is 3. The third-order valence-corrected chi connectivity index (χ3v) is 4.99. The SMILES string of the molecule is O=C(NCCCN1CCN(c2ccc(F)cc2)CC1)c1ccc(F)cc1Cl. The van der Waals surface area contributed by atoms with Gasteiger partial charge in [-0.2, -0.15) is 0 Å². The van der Waals surface area contributed by atoms with Crippen molar-refractivity contribution in [3.8, 4) is 0 Å². The number of carbonyl (C=O) groups is 1. The van der Waals surface area contributed by atoms with Crippen molar-refractivity contribution in [3.05, 3.63) is 64.7 Å². The Labute approximate surface area is 162 Å². The molecule has 1 heterocycles. The Hall–Kier alpha value is -2.18. The highest BCUT2D eigenvalue weighted by molar-refractivity contribution is 6.33. The van der Waals surface area contributed by atoms with E-state index >= 15 is 0 Å². The molecule has 0 unspecified atom stereocenters. The van der Waals surface area contributed by atoms with Crippen LogP contribution in [0.15, 0.2) is 42.5 Å². The number of amides is 1. The molecule has 144 valence electrons. The minimum absolute atomic E-state index is 0.115. The van der Waals surface area contributed by atoms with Crippen LogP contribution in [0.1, 0.15) is 16.8 Å². The first-order valence-electron chi connectivity index (χ1n) is 8.99. The van der Waals surface area contributed by atoms with Crippen molar-refractivity contribution in [2.45, 2.75) is 6.42 Å². The molecule has 1 N–H and O–H groups in total. The molecule has 0 atom stereocenters. The standard InChI is InChI=1S/C20H22ClF2N3O/c21-19-14-16(23)4-7-18(19)20(27)24-8-1-9-25-10-12-26(13-11-25)17-5-2-15(22)3-6-17/h2-7,14H,1,8-13H2,(H,24,27). The summed E-state index contributed by atoms with van der Waals surface area (Å²) in [5.41, 5.74) is 1.32. The van der Waals surface area contributed by atoms with Crippen LogP contribution >= 0.6 is 11.6 Å². The molecule has 27 heavy (non-hydrogen) atoms. The lowest BCUT2D eigenvalue weighted by Gasteiger charge is -2.36. The Morgan fingerprint density at radius 2 is 1.67 bits per heavy atom. The van der Waals surface area contributed by atoms with Crippen molar-refractivity contribution < 1.29 is 13.6 Å². The van der Waals surface area contributed by atoms with Crippen LogP contribution in [0.25, 0.3) is 0 Å². The maximum Gasteiger partial charge on any atom is 0.252 e. The van der Waals surface area contributed by atoms with Gasteiger partial charge < -0.3 is 10.2 Å². The Bertz CT molecular complexity index is 777. The van der Waals surface area contributed by atoms with Gasteiger partial charge in [0, 0.05) is 38.4 Å². The highest BCUT2D eigenvalue weighted by Gasteiger charge is 2.17. The second-order valence-electron chi connectivity index (χ2n) is 6.54. The van der Waals surface area contributed by atoms with E-state index in [-0.39, 0.29) is 22.3 Å². The predicted octanol–water partition coefficient (Wildman–Crippen LogP) is 3.56. The van der Waals surface area contributed by atoms with Crippen LogP contribution in [-0.2, 0) is 0 Å². The van der Waals surface area contributed by atoms with E-state index in [2.05, 4.69) is 15.1 Å². The van der Waals surface area contributed by atoms with Crippen LogP contribution < -0.4 is 10.2 Å². The van der Waals surface area contributed by atoms with E-state index in [1.807, 2.05) is 0 Å². The van der Waals surface area contributed by atoms with Gasteiger partial charge in [-0.25, -0.2) is 8.78 Å². The molecule has 2 aromatic carbocycles. The van der Waals surface area contributed by atoms with Gasteiger partial charge >= 0.3 is 0 Å². The fraction of sp³-hybridized carbons (Fsp3) is 0.350. The van der Waals surface area contributed by atoms with Crippen LogP contribution in [0.4, 0.5) is 14.5 Å². The van der Waals surface area contributed by atoms with Gasteiger partial charge in [0.1, 0.15) is 11.6 Å². The zero-order valence-corrected chi connectivity index (χ0v) is 15.7. The number of anilines is 1. The number of nitrogens with zero attached hydrogens (tertiary/aromatic N) is 2. The number of benzene rings is 2. The summed E-state index contributed by atoms with van der Waals surface area (Å²) < 4.78 is 26.0. The highest BCUT2D eigenvalue weighted by Crippen LogP contribution is 2.18. The summed E-state index contributed by atoms with van der Waals surface area (Å²) in [6.07, 6.45) is 0.821. The molecule has 0 spiro atoms. The molecular weight excluding hydrogens is 372 g/mol. The summed E-state index contributed by atoms with van der Waals surface area (Å²) in [6, 6.07) is 10.3. The number of carbonyl (C=O) groups excluding carboxylic acids is 1. The number of nitrogens with one attached hydrogen (secondary N) is 1. The fourth-order valence-electron chi connectivity index (χ4n) is 3.16. The number of piperazine rings is 1. The van der Waals surface area contributed by atoms with Crippen LogP contribution in [0.3, 0.4) is 0 Å². The smallest absolute Gasteiger partial charge is 0.252 e. The maximum absolute atomic E-state index is 13.0. The lowest BCUT2D eigenvalue weighted by atomic mass is 10.2. The lowest BCUT2D eigenvalue weighted by Crippen LogP contribution is -2.47. The molecule has 0 saturated carbocycles. The van der Waals surface area contributed by atoms with Crippen molar-refractivity contribution in [2.24, 2.45) is 0 Å². The zero-order valence-electron chi connectivity index (χ0n) is 14.9. The van der Waals surface area contributed by atoms with Crippen LogP contribution in [0.2, 0.25) is 5.02 Å². The molecule has 1 saturated heterocycles. The summed E-state index contributed by atoms with van der Waals surface area (Å²) in [5, 5.41) is 2.94. The largest absolute Gasteiger partial charge is 0.369 e. The molecule has 0 aliphatic carbocycles. The molecule has 1 aliphatic rings. The number of hydrogen-bond donors (Lipinski definition) is 1. The van der Waals surface area contributed by atoms with Gasteiger partial charge in [0.2, 0.25) is 0 Å². The summed E-state index contributed by atoms with van der Waals surface area (Å²) in [7, 11) is 0. The molecule has 0 bridgehead atoms. The minimum Gasteiger partial charge on any atom is -0.369 e. The van der Waals surface area contributed by atoms with E-state index in [0.29, 0.717) is 6.54 Å². The second kappa shape index (κ2) is 9.15. The molecule has 0 radical (unpaired) electrons. The minimum atomic E-state index is -0.462. The quantitative estimate of drug-likeness (QED) is 0.762. The first-order chi connectivity index (χ1) is 13.0. The van der Waals surface area contributed by atoms with Crippen molar-refractivity contribution in [2.75, 3.05) is 44.2 Å². The van der Waals surface area contributed by atoms with Crippen LogP contribution in [0.5, 0.6) is 0 Å². The van der Waals surface area contributed by atoms with E-state index in [1.165, 1.54) is 24.3 Å². The molecule has 0 aromatic heterocycles. The van der Waals surface area contributed by atoms with Crippen molar-refractivity contribution in [3.63, 3.8) is 0 Å². The normalized spacial score (nSPS) is 15.0. The van der Waals surface area contributed by atoms with E-state index in [9.17, 15) is 13.6 Å². The van der Waals surface area contributed by atoms with Gasteiger partial charge in [0.25, 0.3) is 5.91 Å². The fourth-order valence-corrected chi connectivity index (χ4v) is 3.41. The van der Waals surface area contributed by atoms with Gasteiger partial charge in [-0.1, -0.05) is 11.6 Å². The van der Waals surface area contributed by atoms with E-state index in [0.717, 1.165) is 50.9 Å². The van der Waals surface area contributed by atoms with Gasteiger partial charge in [-0.3, -0.25) is 9.69 Å². The first-order valence-corrected chi connectivity index (χ1v) is 9.37. The average molecular weight is 394 g/mol. The summed E-state index contributed by atoms with van der Waals surface area (Å²) in [5.74, 6) is -0.973.